The molecule has 0 bridgehead atoms. The van der Waals surface area contributed by atoms with Crippen LogP contribution in [0.4, 0.5) is 0 Å². The maximum Gasteiger partial charge on any atom is 0.237 e. The van der Waals surface area contributed by atoms with E-state index in [1.54, 1.807) is 0 Å². The van der Waals surface area contributed by atoms with Crippen LogP contribution in [0.2, 0.25) is 10.0 Å². The van der Waals surface area contributed by atoms with E-state index in [1.165, 1.54) is 11.1 Å². The van der Waals surface area contributed by atoms with E-state index in [0.29, 0.717) is 23.0 Å². The number of piperidine rings is 1. The number of benzene rings is 2. The maximum absolute atomic E-state index is 13.5. The highest BCUT2D eigenvalue weighted by molar-refractivity contribution is 6.42. The Kier molecular flexibility index (Phi) is 9.32. The standard InChI is InChI=1S/C31H42Cl2N4O2/c1-22-16-23(2)18-24(17-22)19-28(38)36-10-5-8-31(21-36,25-6-7-26(32)27(33)20-25)9-11-35-12-14-37(15-13-35)30(3,4)29(34)39/h6-7,16-18,20H,5,8-15,19,21H2,1-4H3,(H2,34,39). The molecule has 212 valence electrons. The third-order valence-corrected chi connectivity index (χ3v) is 9.51. The molecule has 0 saturated carbocycles. The van der Waals surface area contributed by atoms with Crippen LogP contribution in [0.1, 0.15) is 55.4 Å². The first-order chi connectivity index (χ1) is 18.4. The molecule has 2 amide bonds. The molecule has 2 aliphatic rings. The van der Waals surface area contributed by atoms with Crippen molar-refractivity contribution in [2.45, 2.75) is 64.3 Å². The van der Waals surface area contributed by atoms with Crippen LogP contribution in [0.15, 0.2) is 36.4 Å². The van der Waals surface area contributed by atoms with Gasteiger partial charge < -0.3 is 15.5 Å². The number of piperazine rings is 1. The first-order valence-corrected chi connectivity index (χ1v) is 14.7. The van der Waals surface area contributed by atoms with Gasteiger partial charge in [0.05, 0.1) is 22.0 Å². The molecule has 2 fully saturated rings. The predicted octanol–water partition coefficient (Wildman–Crippen LogP) is 4.98. The average molecular weight is 574 g/mol. The smallest absolute Gasteiger partial charge is 0.237 e. The number of rotatable bonds is 8. The van der Waals surface area contributed by atoms with Crippen LogP contribution in [0.5, 0.6) is 0 Å². The zero-order valence-electron chi connectivity index (χ0n) is 23.7. The Morgan fingerprint density at radius 3 is 2.23 bits per heavy atom. The van der Waals surface area contributed by atoms with E-state index in [1.807, 2.05) is 26.0 Å². The molecule has 1 atom stereocenters. The van der Waals surface area contributed by atoms with Crippen LogP contribution in [-0.2, 0) is 21.4 Å². The Morgan fingerprint density at radius 2 is 1.62 bits per heavy atom. The molecule has 2 N–H and O–H groups in total. The normalized spacial score (nSPS) is 21.2. The van der Waals surface area contributed by atoms with E-state index in [2.05, 4.69) is 52.8 Å². The fraction of sp³-hybridized carbons (Fsp3) is 0.548. The van der Waals surface area contributed by atoms with Crippen LogP contribution in [0.3, 0.4) is 0 Å². The van der Waals surface area contributed by atoms with Gasteiger partial charge in [0.1, 0.15) is 0 Å². The first-order valence-electron chi connectivity index (χ1n) is 14.0. The number of nitrogens with zero attached hydrogens (tertiary/aromatic N) is 3. The van der Waals surface area contributed by atoms with Crippen LogP contribution in [-0.4, -0.2) is 77.9 Å². The van der Waals surface area contributed by atoms with Gasteiger partial charge in [0.2, 0.25) is 11.8 Å². The minimum atomic E-state index is -0.645. The molecule has 2 heterocycles. The van der Waals surface area contributed by atoms with Gasteiger partial charge in [-0.05, 0) is 76.8 Å². The average Bonchev–Trinajstić information content (AvgIpc) is 2.88. The zero-order chi connectivity index (χ0) is 28.4. The molecule has 8 heteroatoms. The van der Waals surface area contributed by atoms with Crippen LogP contribution < -0.4 is 5.73 Å². The molecule has 0 aromatic heterocycles. The highest BCUT2D eigenvalue weighted by Crippen LogP contribution is 2.40. The third kappa shape index (κ3) is 6.97. The molecule has 0 aliphatic carbocycles. The molecule has 4 rings (SSSR count). The monoisotopic (exact) mass is 572 g/mol. The number of hydrogen-bond acceptors (Lipinski definition) is 4. The van der Waals surface area contributed by atoms with Crippen molar-refractivity contribution in [3.63, 3.8) is 0 Å². The maximum atomic E-state index is 13.5. The van der Waals surface area contributed by atoms with Gasteiger partial charge in [0.15, 0.2) is 0 Å². The minimum absolute atomic E-state index is 0.173. The van der Waals surface area contributed by atoms with Crippen molar-refractivity contribution in [2.75, 3.05) is 45.8 Å². The second kappa shape index (κ2) is 12.2. The number of hydrogen-bond donors (Lipinski definition) is 1. The Labute approximate surface area is 243 Å². The lowest BCUT2D eigenvalue weighted by Gasteiger charge is -2.46. The summed E-state index contributed by atoms with van der Waals surface area (Å²) >= 11 is 12.8. The molecule has 39 heavy (non-hydrogen) atoms. The second-order valence-corrected chi connectivity index (χ2v) is 12.8. The topological polar surface area (TPSA) is 69.9 Å². The van der Waals surface area contributed by atoms with Crippen molar-refractivity contribution < 1.29 is 9.59 Å². The number of carbonyl (C=O) groups is 2. The summed E-state index contributed by atoms with van der Waals surface area (Å²) in [6, 6.07) is 12.3. The lowest BCUT2D eigenvalue weighted by atomic mass is 9.71. The quantitative estimate of drug-likeness (QED) is 0.484. The Bertz CT molecular complexity index is 1190. The first kappa shape index (κ1) is 29.9. The van der Waals surface area contributed by atoms with Crippen molar-refractivity contribution in [3.8, 4) is 0 Å². The molecule has 0 radical (unpaired) electrons. The zero-order valence-corrected chi connectivity index (χ0v) is 25.2. The van der Waals surface area contributed by atoms with Crippen LogP contribution in [0, 0.1) is 13.8 Å². The SMILES string of the molecule is Cc1cc(C)cc(CC(=O)N2CCCC(CCN3CCN(C(C)(C)C(N)=O)CC3)(c3ccc(Cl)c(Cl)c3)C2)c1. The lowest BCUT2D eigenvalue weighted by molar-refractivity contribution is -0.133. The van der Waals surface area contributed by atoms with Gasteiger partial charge in [-0.3, -0.25) is 14.5 Å². The largest absolute Gasteiger partial charge is 0.368 e. The molecule has 2 aromatic carbocycles. The van der Waals surface area contributed by atoms with Crippen molar-refractivity contribution in [3.05, 3.63) is 68.7 Å². The minimum Gasteiger partial charge on any atom is -0.368 e. The van der Waals surface area contributed by atoms with E-state index >= 15 is 0 Å². The van der Waals surface area contributed by atoms with Gasteiger partial charge in [-0.1, -0.05) is 58.6 Å². The fourth-order valence-corrected chi connectivity index (χ4v) is 6.57. The van der Waals surface area contributed by atoms with Gasteiger partial charge in [-0.25, -0.2) is 0 Å². The molecule has 2 aliphatic heterocycles. The molecular weight excluding hydrogens is 531 g/mol. The van der Waals surface area contributed by atoms with Crippen LogP contribution in [0.25, 0.3) is 0 Å². The summed E-state index contributed by atoms with van der Waals surface area (Å²) in [4.78, 5) is 32.2. The van der Waals surface area contributed by atoms with Crippen LogP contribution >= 0.6 is 23.2 Å². The summed E-state index contributed by atoms with van der Waals surface area (Å²) in [5, 5.41) is 1.09. The van der Waals surface area contributed by atoms with E-state index in [0.717, 1.165) is 69.7 Å². The highest BCUT2D eigenvalue weighted by Gasteiger charge is 2.40. The number of amides is 2. The molecule has 2 aromatic rings. The molecular formula is C31H42Cl2N4O2. The van der Waals surface area contributed by atoms with Gasteiger partial charge in [-0.2, -0.15) is 0 Å². The summed E-state index contributed by atoms with van der Waals surface area (Å²) < 4.78 is 0. The van der Waals surface area contributed by atoms with Gasteiger partial charge in [0, 0.05) is 44.7 Å². The summed E-state index contributed by atoms with van der Waals surface area (Å²) in [6.07, 6.45) is 3.27. The Balaban J connectivity index is 1.50. The van der Waals surface area contributed by atoms with Crippen molar-refractivity contribution in [1.82, 2.24) is 14.7 Å². The molecule has 1 unspecified atom stereocenters. The number of primary amides is 1. The van der Waals surface area contributed by atoms with Gasteiger partial charge in [-0.15, -0.1) is 0 Å². The molecule has 0 spiro atoms. The second-order valence-electron chi connectivity index (χ2n) is 12.0. The van der Waals surface area contributed by atoms with E-state index < -0.39 is 5.54 Å². The summed E-state index contributed by atoms with van der Waals surface area (Å²) in [5.74, 6) is -0.117. The van der Waals surface area contributed by atoms with E-state index in [9.17, 15) is 9.59 Å². The Morgan fingerprint density at radius 1 is 0.949 bits per heavy atom. The predicted molar refractivity (Wildman–Crippen MR) is 159 cm³/mol. The number of carbonyl (C=O) groups excluding carboxylic acids is 2. The number of aryl methyl sites for hydroxylation is 2. The van der Waals surface area contributed by atoms with Crippen molar-refractivity contribution >= 4 is 35.0 Å². The summed E-state index contributed by atoms with van der Waals surface area (Å²) in [5.41, 5.74) is 9.38. The lowest BCUT2D eigenvalue weighted by Crippen LogP contribution is -2.60. The van der Waals surface area contributed by atoms with Crippen molar-refractivity contribution in [2.24, 2.45) is 5.73 Å². The van der Waals surface area contributed by atoms with Gasteiger partial charge in [0.25, 0.3) is 0 Å². The van der Waals surface area contributed by atoms with Gasteiger partial charge >= 0.3 is 0 Å². The van der Waals surface area contributed by atoms with E-state index in [4.69, 9.17) is 28.9 Å². The molecule has 6 nitrogen and oxygen atoms in total. The summed E-state index contributed by atoms with van der Waals surface area (Å²) in [6.45, 7) is 13.7. The third-order valence-electron chi connectivity index (χ3n) is 8.77. The fourth-order valence-electron chi connectivity index (χ4n) is 6.27. The molecule has 2 saturated heterocycles. The summed E-state index contributed by atoms with van der Waals surface area (Å²) in [7, 11) is 0. The number of halogens is 2. The van der Waals surface area contributed by atoms with Crippen molar-refractivity contribution in [1.29, 1.82) is 0 Å². The highest BCUT2D eigenvalue weighted by atomic mass is 35.5. The Hall–Kier alpha value is -2.12. The number of likely N-dealkylation sites (tertiary alicyclic amines) is 1. The number of nitrogens with two attached hydrogens (primary N) is 1. The van der Waals surface area contributed by atoms with E-state index in [-0.39, 0.29) is 17.2 Å².